The maximum atomic E-state index is 12.4. The number of urea groups is 1. The number of para-hydroxylation sites is 2. The van der Waals surface area contributed by atoms with Crippen LogP contribution in [0.5, 0.6) is 11.5 Å². The Hall–Kier alpha value is -4.08. The number of rotatable bonds is 6. The number of benzene rings is 3. The normalized spacial score (nSPS) is 22.6. The summed E-state index contributed by atoms with van der Waals surface area (Å²) in [5.74, 6) is 1.38. The van der Waals surface area contributed by atoms with Crippen molar-refractivity contribution in [2.24, 2.45) is 0 Å². The molecule has 2 aliphatic rings. The fourth-order valence-corrected chi connectivity index (χ4v) is 4.06. The molecule has 0 radical (unpaired) electrons. The first kappa shape index (κ1) is 22.7. The van der Waals surface area contributed by atoms with Gasteiger partial charge in [0.2, 0.25) is 0 Å². The highest BCUT2D eigenvalue weighted by atomic mass is 16.6. The van der Waals surface area contributed by atoms with Crippen LogP contribution in [-0.2, 0) is 14.2 Å². The summed E-state index contributed by atoms with van der Waals surface area (Å²) in [6, 6.07) is 24.8. The second-order valence-corrected chi connectivity index (χ2v) is 8.18. The highest BCUT2D eigenvalue weighted by Crippen LogP contribution is 2.29. The first-order chi connectivity index (χ1) is 17.1. The molecule has 0 unspecified atom stereocenters. The van der Waals surface area contributed by atoms with Gasteiger partial charge in [0.05, 0.1) is 19.3 Å². The van der Waals surface area contributed by atoms with E-state index >= 15 is 0 Å². The lowest BCUT2D eigenvalue weighted by Crippen LogP contribution is -2.46. The lowest BCUT2D eigenvalue weighted by molar-refractivity contribution is 0.00873. The molecule has 4 atom stereocenters. The van der Waals surface area contributed by atoms with Crippen molar-refractivity contribution in [2.45, 2.75) is 24.4 Å². The van der Waals surface area contributed by atoms with Crippen LogP contribution in [0.2, 0.25) is 0 Å². The predicted octanol–water partition coefficient (Wildman–Crippen LogP) is 4.38. The molecular formula is C26H25N3O6. The van der Waals surface area contributed by atoms with Crippen molar-refractivity contribution < 1.29 is 28.5 Å². The maximum absolute atomic E-state index is 12.4. The quantitative estimate of drug-likeness (QED) is 0.488. The molecule has 0 bridgehead atoms. The van der Waals surface area contributed by atoms with E-state index in [2.05, 4.69) is 16.0 Å². The van der Waals surface area contributed by atoms with Crippen molar-refractivity contribution >= 4 is 23.5 Å². The van der Waals surface area contributed by atoms with E-state index in [1.165, 1.54) is 0 Å². The molecule has 2 saturated heterocycles. The number of hydrogen-bond donors (Lipinski definition) is 3. The van der Waals surface area contributed by atoms with Gasteiger partial charge in [-0.2, -0.15) is 0 Å². The number of ether oxygens (including phenoxy) is 4. The second kappa shape index (κ2) is 10.5. The number of nitrogens with one attached hydrogen (secondary N) is 3. The van der Waals surface area contributed by atoms with Crippen LogP contribution in [0.4, 0.5) is 21.0 Å². The molecule has 0 aromatic heterocycles. The van der Waals surface area contributed by atoms with E-state index in [-0.39, 0.29) is 25.3 Å². The Balaban J connectivity index is 1.09. The SMILES string of the molecule is O=C(Nc1ccccc1)N[C@@H]1CO[C@@H]2[C@@H]1OC[C@H]2OC(=O)Nc1ccc(Oc2ccccc2)cc1. The van der Waals surface area contributed by atoms with Crippen LogP contribution < -0.4 is 20.7 Å². The largest absolute Gasteiger partial charge is 0.457 e. The van der Waals surface area contributed by atoms with Gasteiger partial charge in [-0.15, -0.1) is 0 Å². The van der Waals surface area contributed by atoms with Crippen LogP contribution in [0, 0.1) is 0 Å². The molecule has 2 aliphatic heterocycles. The molecule has 3 aromatic rings. The average Bonchev–Trinajstić information content (AvgIpc) is 3.45. The van der Waals surface area contributed by atoms with Gasteiger partial charge < -0.3 is 29.6 Å². The van der Waals surface area contributed by atoms with Gasteiger partial charge >= 0.3 is 12.1 Å². The monoisotopic (exact) mass is 475 g/mol. The van der Waals surface area contributed by atoms with Crippen LogP contribution in [0.15, 0.2) is 84.9 Å². The summed E-state index contributed by atoms with van der Waals surface area (Å²) in [6.07, 6.45) is -2.05. The Bertz CT molecular complexity index is 1140. The molecule has 35 heavy (non-hydrogen) atoms. The van der Waals surface area contributed by atoms with E-state index < -0.39 is 24.4 Å². The molecule has 3 aromatic carbocycles. The molecular weight excluding hydrogens is 450 g/mol. The van der Waals surface area contributed by atoms with Gasteiger partial charge in [-0.25, -0.2) is 9.59 Å². The molecule has 3 N–H and O–H groups in total. The first-order valence-corrected chi connectivity index (χ1v) is 11.3. The van der Waals surface area contributed by atoms with E-state index in [1.54, 1.807) is 36.4 Å². The fourth-order valence-electron chi connectivity index (χ4n) is 4.06. The van der Waals surface area contributed by atoms with Crippen LogP contribution in [0.25, 0.3) is 0 Å². The summed E-state index contributed by atoms with van der Waals surface area (Å²) in [5.41, 5.74) is 1.25. The minimum atomic E-state index is -0.613. The number of carbonyl (C=O) groups is 2. The number of amides is 3. The number of carbonyl (C=O) groups excluding carboxylic acids is 2. The van der Waals surface area contributed by atoms with E-state index in [9.17, 15) is 9.59 Å². The summed E-state index contributed by atoms with van der Waals surface area (Å²) in [7, 11) is 0. The standard InChI is InChI=1S/C26H25N3O6/c30-25(27-17-7-3-1-4-8-17)29-21-15-32-24-22(16-33-23(21)24)35-26(31)28-18-11-13-20(14-12-18)34-19-9-5-2-6-10-19/h1-14,21-24H,15-16H2,(H,28,31)(H2,27,29,30)/t21-,22-,23-,24+/m1/s1. The summed E-state index contributed by atoms with van der Waals surface area (Å²) in [4.78, 5) is 24.7. The molecule has 9 nitrogen and oxygen atoms in total. The van der Waals surface area contributed by atoms with Gasteiger partial charge in [-0.1, -0.05) is 36.4 Å². The smallest absolute Gasteiger partial charge is 0.412 e. The topological polar surface area (TPSA) is 107 Å². The Morgan fingerprint density at radius 1 is 0.714 bits per heavy atom. The van der Waals surface area contributed by atoms with Crippen LogP contribution in [0.3, 0.4) is 0 Å². The third-order valence-corrected chi connectivity index (χ3v) is 5.69. The Labute approximate surface area is 202 Å². The molecule has 180 valence electrons. The van der Waals surface area contributed by atoms with Gasteiger partial charge in [0.1, 0.15) is 23.7 Å². The van der Waals surface area contributed by atoms with Crippen molar-refractivity contribution in [2.75, 3.05) is 23.8 Å². The highest BCUT2D eigenvalue weighted by Gasteiger charge is 2.50. The summed E-state index contributed by atoms with van der Waals surface area (Å²) < 4.78 is 22.9. The van der Waals surface area contributed by atoms with Crippen LogP contribution in [-0.4, -0.2) is 49.7 Å². The summed E-state index contributed by atoms with van der Waals surface area (Å²) in [5, 5.41) is 8.34. The molecule has 2 fully saturated rings. The summed E-state index contributed by atoms with van der Waals surface area (Å²) in [6.45, 7) is 0.451. The van der Waals surface area contributed by atoms with Crippen molar-refractivity contribution in [1.82, 2.24) is 5.32 Å². The minimum absolute atomic E-state index is 0.186. The van der Waals surface area contributed by atoms with Gasteiger partial charge in [-0.05, 0) is 48.5 Å². The molecule has 0 spiro atoms. The van der Waals surface area contributed by atoms with Crippen molar-refractivity contribution in [3.05, 3.63) is 84.9 Å². The fraction of sp³-hybridized carbons (Fsp3) is 0.231. The lowest BCUT2D eigenvalue weighted by Gasteiger charge is -2.18. The van der Waals surface area contributed by atoms with E-state index in [0.717, 1.165) is 5.75 Å². The second-order valence-electron chi connectivity index (χ2n) is 8.18. The predicted molar refractivity (Wildman–Crippen MR) is 129 cm³/mol. The molecule has 3 amide bonds. The third-order valence-electron chi connectivity index (χ3n) is 5.69. The van der Waals surface area contributed by atoms with Crippen molar-refractivity contribution in [1.29, 1.82) is 0 Å². The zero-order valence-corrected chi connectivity index (χ0v) is 18.8. The molecule has 9 heteroatoms. The van der Waals surface area contributed by atoms with Crippen LogP contribution in [0.1, 0.15) is 0 Å². The van der Waals surface area contributed by atoms with Gasteiger partial charge in [-0.3, -0.25) is 5.32 Å². The van der Waals surface area contributed by atoms with Gasteiger partial charge in [0, 0.05) is 11.4 Å². The van der Waals surface area contributed by atoms with Crippen molar-refractivity contribution in [3.8, 4) is 11.5 Å². The third kappa shape index (κ3) is 5.71. The van der Waals surface area contributed by atoms with Crippen LogP contribution >= 0.6 is 0 Å². The number of anilines is 2. The maximum Gasteiger partial charge on any atom is 0.412 e. The zero-order valence-electron chi connectivity index (χ0n) is 18.8. The molecule has 2 heterocycles. The van der Waals surface area contributed by atoms with Gasteiger partial charge in [0.25, 0.3) is 0 Å². The zero-order chi connectivity index (χ0) is 24.0. The van der Waals surface area contributed by atoms with E-state index in [4.69, 9.17) is 18.9 Å². The summed E-state index contributed by atoms with van der Waals surface area (Å²) >= 11 is 0. The Morgan fingerprint density at radius 2 is 1.34 bits per heavy atom. The number of fused-ring (bicyclic) bond motifs is 1. The minimum Gasteiger partial charge on any atom is -0.457 e. The van der Waals surface area contributed by atoms with E-state index in [0.29, 0.717) is 17.1 Å². The lowest BCUT2D eigenvalue weighted by atomic mass is 10.1. The molecule has 5 rings (SSSR count). The molecule has 0 aliphatic carbocycles. The Kier molecular flexibility index (Phi) is 6.78. The molecule has 0 saturated carbocycles. The first-order valence-electron chi connectivity index (χ1n) is 11.3. The average molecular weight is 476 g/mol. The van der Waals surface area contributed by atoms with E-state index in [1.807, 2.05) is 48.5 Å². The Morgan fingerprint density at radius 3 is 2.09 bits per heavy atom. The number of hydrogen-bond acceptors (Lipinski definition) is 6. The van der Waals surface area contributed by atoms with Gasteiger partial charge in [0.15, 0.2) is 6.10 Å². The highest BCUT2D eigenvalue weighted by molar-refractivity contribution is 5.89. The van der Waals surface area contributed by atoms with Crippen molar-refractivity contribution in [3.63, 3.8) is 0 Å².